The van der Waals surface area contributed by atoms with Crippen molar-refractivity contribution in [3.8, 4) is 29.1 Å². The summed E-state index contributed by atoms with van der Waals surface area (Å²) >= 11 is 0. The second-order valence-electron chi connectivity index (χ2n) is 14.5. The van der Waals surface area contributed by atoms with E-state index in [1.165, 1.54) is 0 Å². The molecule has 0 amide bonds. The molecule has 11 rings (SSSR count). The van der Waals surface area contributed by atoms with Gasteiger partial charge in [0.15, 0.2) is 0 Å². The molecule has 0 radical (unpaired) electrons. The molecular weight excluding hydrogens is 697 g/mol. The predicted molar refractivity (Wildman–Crippen MR) is 233 cm³/mol. The maximum atomic E-state index is 10.3. The molecule has 2 aliphatic rings. The van der Waals surface area contributed by atoms with E-state index in [2.05, 4.69) is 174 Å². The summed E-state index contributed by atoms with van der Waals surface area (Å²) in [5.74, 6) is 2.79. The Labute approximate surface area is 330 Å². The molecule has 2 aliphatic heterocycles. The van der Waals surface area contributed by atoms with Crippen molar-refractivity contribution in [2.45, 2.75) is 0 Å². The molecule has 57 heavy (non-hydrogen) atoms. The van der Waals surface area contributed by atoms with E-state index < -0.39 is 0 Å². The number of fused-ring (bicyclic) bond motifs is 6. The summed E-state index contributed by atoms with van der Waals surface area (Å²) in [5.41, 5.74) is 9.86. The number of rotatable bonds is 6. The fraction of sp³-hybridized carbons (Fsp3) is 0. The van der Waals surface area contributed by atoms with E-state index in [1.54, 1.807) is 6.07 Å². The van der Waals surface area contributed by atoms with Crippen LogP contribution in [0.3, 0.4) is 0 Å². The predicted octanol–water partition coefficient (Wildman–Crippen LogP) is 11.5. The number of para-hydroxylation sites is 4. The monoisotopic (exact) mass is 729 g/mol. The zero-order valence-corrected chi connectivity index (χ0v) is 30.7. The second-order valence-corrected chi connectivity index (χ2v) is 14.5. The highest BCUT2D eigenvalue weighted by atomic mass is 16.5. The minimum atomic E-state index is -0.195. The van der Waals surface area contributed by atoms with Gasteiger partial charge in [-0.1, -0.05) is 97.1 Å². The summed E-state index contributed by atoms with van der Waals surface area (Å²) in [6.45, 7) is -0.195. The molecule has 0 unspecified atom stereocenters. The van der Waals surface area contributed by atoms with E-state index in [-0.39, 0.29) is 6.71 Å². The largest absolute Gasteiger partial charge is 0.458 e. The number of benzene rings is 9. The number of hydrogen-bond donors (Lipinski definition) is 0. The molecule has 6 heteroatoms. The lowest BCUT2D eigenvalue weighted by Gasteiger charge is -2.34. The van der Waals surface area contributed by atoms with Crippen LogP contribution in [0.2, 0.25) is 0 Å². The lowest BCUT2D eigenvalue weighted by atomic mass is 9.34. The van der Waals surface area contributed by atoms with Crippen molar-refractivity contribution in [2.75, 3.05) is 9.80 Å². The molecule has 0 atom stereocenters. The summed E-state index contributed by atoms with van der Waals surface area (Å²) in [5, 5.41) is 14.6. The van der Waals surface area contributed by atoms with Crippen LogP contribution in [0, 0.1) is 11.3 Å². The fourth-order valence-corrected chi connectivity index (χ4v) is 8.52. The van der Waals surface area contributed by atoms with Gasteiger partial charge in [-0.3, -0.25) is 0 Å². The molecule has 0 spiro atoms. The van der Waals surface area contributed by atoms with E-state index in [9.17, 15) is 5.26 Å². The van der Waals surface area contributed by atoms with Gasteiger partial charge in [0, 0.05) is 39.6 Å². The van der Waals surface area contributed by atoms with Crippen molar-refractivity contribution in [1.82, 2.24) is 0 Å². The van der Waals surface area contributed by atoms with E-state index in [0.717, 1.165) is 83.6 Å². The van der Waals surface area contributed by atoms with Crippen LogP contribution < -0.4 is 35.7 Å². The van der Waals surface area contributed by atoms with Crippen LogP contribution in [-0.4, -0.2) is 6.71 Å². The summed E-state index contributed by atoms with van der Waals surface area (Å²) in [7, 11) is 0. The maximum Gasteiger partial charge on any atom is 0.260 e. The number of anilines is 6. The van der Waals surface area contributed by atoms with Gasteiger partial charge in [-0.15, -0.1) is 0 Å². The normalized spacial score (nSPS) is 12.1. The van der Waals surface area contributed by atoms with Gasteiger partial charge in [0.1, 0.15) is 29.1 Å². The zero-order valence-electron chi connectivity index (χ0n) is 30.7. The van der Waals surface area contributed by atoms with Gasteiger partial charge in [0.05, 0.1) is 5.56 Å². The lowest BCUT2D eigenvalue weighted by Crippen LogP contribution is -2.57. The van der Waals surface area contributed by atoms with Crippen molar-refractivity contribution in [2.24, 2.45) is 0 Å². The minimum absolute atomic E-state index is 0.195. The molecule has 5 nitrogen and oxygen atoms in total. The van der Waals surface area contributed by atoms with Crippen LogP contribution in [0.4, 0.5) is 34.1 Å². The Kier molecular flexibility index (Phi) is 7.58. The summed E-state index contributed by atoms with van der Waals surface area (Å²) in [4.78, 5) is 4.54. The molecule has 9 aromatic rings. The highest BCUT2D eigenvalue weighted by molar-refractivity contribution is 6.98. The van der Waals surface area contributed by atoms with Crippen molar-refractivity contribution >= 4 is 78.8 Å². The number of ether oxygens (including phenoxy) is 2. The summed E-state index contributed by atoms with van der Waals surface area (Å²) < 4.78 is 13.5. The Hall–Kier alpha value is -7.75. The standard InChI is InChI=1S/C51H32BN3O2/c53-33-36-23-26-47-50-51(36)57-49-32-38-28-44(55(41-17-9-3-10-18-41)42-19-11-4-12-20-42)25-22-35(38)30-46(49)52(50)45-29-34-21-24-43(27-37(34)31-48(45)56-47)54(39-13-5-1-6-14-39)40-15-7-2-8-16-40/h1-32H. The van der Waals surface area contributed by atoms with Gasteiger partial charge in [0.25, 0.3) is 6.71 Å². The second kappa shape index (κ2) is 13.2. The van der Waals surface area contributed by atoms with Crippen LogP contribution >= 0.6 is 0 Å². The fourth-order valence-electron chi connectivity index (χ4n) is 8.52. The van der Waals surface area contributed by atoms with Crippen molar-refractivity contribution in [3.63, 3.8) is 0 Å². The smallest absolute Gasteiger partial charge is 0.260 e. The lowest BCUT2D eigenvalue weighted by molar-refractivity contribution is 0.464. The Morgan fingerprint density at radius 2 is 0.825 bits per heavy atom. The van der Waals surface area contributed by atoms with Gasteiger partial charge in [-0.05, 0) is 130 Å². The number of nitriles is 1. The van der Waals surface area contributed by atoms with Gasteiger partial charge in [0.2, 0.25) is 0 Å². The third-order valence-electron chi connectivity index (χ3n) is 11.1. The first-order chi connectivity index (χ1) is 28.2. The van der Waals surface area contributed by atoms with Crippen molar-refractivity contribution in [3.05, 3.63) is 200 Å². The average molecular weight is 730 g/mol. The maximum absolute atomic E-state index is 10.3. The molecule has 0 saturated heterocycles. The Bertz CT molecular complexity index is 2940. The number of hydrogen-bond acceptors (Lipinski definition) is 5. The first-order valence-electron chi connectivity index (χ1n) is 19.1. The topological polar surface area (TPSA) is 48.7 Å². The third kappa shape index (κ3) is 5.48. The molecule has 266 valence electrons. The Morgan fingerprint density at radius 1 is 0.386 bits per heavy atom. The van der Waals surface area contributed by atoms with Crippen LogP contribution in [0.15, 0.2) is 194 Å². The van der Waals surface area contributed by atoms with Crippen molar-refractivity contribution in [1.29, 1.82) is 5.26 Å². The van der Waals surface area contributed by atoms with E-state index in [1.807, 2.05) is 30.3 Å². The molecule has 0 saturated carbocycles. The van der Waals surface area contributed by atoms with Crippen LogP contribution in [0.25, 0.3) is 21.5 Å². The molecule has 0 bridgehead atoms. The van der Waals surface area contributed by atoms with E-state index in [0.29, 0.717) is 17.1 Å². The molecule has 2 heterocycles. The molecule has 0 N–H and O–H groups in total. The van der Waals surface area contributed by atoms with Crippen LogP contribution in [0.5, 0.6) is 23.0 Å². The van der Waals surface area contributed by atoms with Crippen molar-refractivity contribution < 1.29 is 9.47 Å². The molecule has 0 fully saturated rings. The Morgan fingerprint density at radius 3 is 1.26 bits per heavy atom. The van der Waals surface area contributed by atoms with E-state index >= 15 is 0 Å². The van der Waals surface area contributed by atoms with Gasteiger partial charge < -0.3 is 19.3 Å². The third-order valence-corrected chi connectivity index (χ3v) is 11.1. The highest BCUT2D eigenvalue weighted by Gasteiger charge is 2.41. The molecule has 9 aromatic carbocycles. The minimum Gasteiger partial charge on any atom is -0.458 e. The first-order valence-corrected chi connectivity index (χ1v) is 19.1. The molecule has 0 aromatic heterocycles. The number of nitrogens with zero attached hydrogens (tertiary/aromatic N) is 3. The Balaban J connectivity index is 1.05. The highest BCUT2D eigenvalue weighted by Crippen LogP contribution is 2.42. The first kappa shape index (κ1) is 32.7. The zero-order chi connectivity index (χ0) is 37.9. The average Bonchev–Trinajstić information content (AvgIpc) is 3.27. The van der Waals surface area contributed by atoms with Gasteiger partial charge >= 0.3 is 0 Å². The summed E-state index contributed by atoms with van der Waals surface area (Å²) in [6, 6.07) is 69.8. The van der Waals surface area contributed by atoms with Crippen LogP contribution in [0.1, 0.15) is 5.56 Å². The van der Waals surface area contributed by atoms with Gasteiger partial charge in [-0.2, -0.15) is 5.26 Å². The SMILES string of the molecule is N#Cc1ccc2c3c1Oc1cc4cc(N(c5ccccc5)c5ccccc5)ccc4cc1B3c1cc3ccc(N(c4ccccc4)c4ccccc4)cc3cc1O2. The summed E-state index contributed by atoms with van der Waals surface area (Å²) in [6.07, 6.45) is 0. The van der Waals surface area contributed by atoms with Gasteiger partial charge in [-0.25, -0.2) is 0 Å². The van der Waals surface area contributed by atoms with E-state index in [4.69, 9.17) is 9.47 Å². The van der Waals surface area contributed by atoms with Crippen LogP contribution in [-0.2, 0) is 0 Å². The molecular formula is C51H32BN3O2. The molecule has 0 aliphatic carbocycles. The quantitative estimate of drug-likeness (QED) is 0.160.